The van der Waals surface area contributed by atoms with E-state index in [0.717, 1.165) is 57.7 Å². The SMILES string of the molecule is O=C(NC1CC(CCN2CCCN(c3cccc(Cl)c3Cl)CC2)C1)c1ccco1. The van der Waals surface area contributed by atoms with Crippen LogP contribution in [-0.2, 0) is 0 Å². The topological polar surface area (TPSA) is 48.7 Å². The number of carbonyl (C=O) groups is 1. The normalized spacial score (nSPS) is 22.8. The standard InChI is InChI=1S/C22H27Cl2N3O2/c23-18-4-1-5-19(21(18)24)27-9-3-8-26(11-12-27)10-7-16-14-17(15-16)25-22(28)20-6-2-13-29-20/h1-2,4-6,13,16-17H,3,7-12,14-15H2,(H,25,28). The summed E-state index contributed by atoms with van der Waals surface area (Å²) in [6.07, 6.45) is 5.95. The predicted molar refractivity (Wildman–Crippen MR) is 117 cm³/mol. The van der Waals surface area contributed by atoms with Crippen LogP contribution in [0.1, 0.15) is 36.2 Å². The summed E-state index contributed by atoms with van der Waals surface area (Å²) >= 11 is 12.6. The fraction of sp³-hybridized carbons (Fsp3) is 0.500. The van der Waals surface area contributed by atoms with E-state index in [0.29, 0.717) is 21.7 Å². The third-order valence-corrected chi connectivity index (χ3v) is 6.84. The van der Waals surface area contributed by atoms with Crippen LogP contribution < -0.4 is 10.2 Å². The molecule has 0 unspecified atom stereocenters. The lowest BCUT2D eigenvalue weighted by atomic mass is 9.78. The molecule has 156 valence electrons. The second kappa shape index (κ2) is 9.41. The van der Waals surface area contributed by atoms with Gasteiger partial charge in [0.1, 0.15) is 0 Å². The van der Waals surface area contributed by atoms with Crippen molar-refractivity contribution in [3.05, 3.63) is 52.4 Å². The summed E-state index contributed by atoms with van der Waals surface area (Å²) in [5, 5.41) is 4.32. The van der Waals surface area contributed by atoms with Gasteiger partial charge >= 0.3 is 0 Å². The lowest BCUT2D eigenvalue weighted by Crippen LogP contribution is -2.45. The largest absolute Gasteiger partial charge is 0.459 e. The molecule has 0 atom stereocenters. The Balaban J connectivity index is 1.18. The molecule has 0 radical (unpaired) electrons. The number of rotatable bonds is 6. The summed E-state index contributed by atoms with van der Waals surface area (Å²) in [5.74, 6) is 0.978. The predicted octanol–water partition coefficient (Wildman–Crippen LogP) is 4.70. The Bertz CT molecular complexity index is 821. The zero-order valence-corrected chi connectivity index (χ0v) is 18.0. The highest BCUT2D eigenvalue weighted by atomic mass is 35.5. The van der Waals surface area contributed by atoms with Crippen LogP contribution in [0.15, 0.2) is 41.0 Å². The smallest absolute Gasteiger partial charge is 0.287 e. The molecule has 2 aliphatic rings. The van der Waals surface area contributed by atoms with E-state index in [1.54, 1.807) is 12.1 Å². The van der Waals surface area contributed by atoms with E-state index < -0.39 is 0 Å². The summed E-state index contributed by atoms with van der Waals surface area (Å²) < 4.78 is 5.15. The van der Waals surface area contributed by atoms with Gasteiger partial charge in [-0.1, -0.05) is 29.3 Å². The van der Waals surface area contributed by atoms with Crippen LogP contribution >= 0.6 is 23.2 Å². The van der Waals surface area contributed by atoms with E-state index >= 15 is 0 Å². The highest BCUT2D eigenvalue weighted by Gasteiger charge is 2.31. The Labute approximate surface area is 181 Å². The molecule has 1 saturated heterocycles. The third-order valence-electron chi connectivity index (χ3n) is 6.03. The lowest BCUT2D eigenvalue weighted by molar-refractivity contribution is 0.0851. The van der Waals surface area contributed by atoms with Gasteiger partial charge in [-0.15, -0.1) is 0 Å². The maximum atomic E-state index is 12.0. The number of amides is 1. The molecule has 0 bridgehead atoms. The van der Waals surface area contributed by atoms with Crippen molar-refractivity contribution in [3.8, 4) is 0 Å². The Morgan fingerprint density at radius 1 is 1.10 bits per heavy atom. The van der Waals surface area contributed by atoms with Gasteiger partial charge in [0.15, 0.2) is 5.76 Å². The molecule has 2 fully saturated rings. The van der Waals surface area contributed by atoms with Crippen molar-refractivity contribution in [3.63, 3.8) is 0 Å². The quantitative estimate of drug-likeness (QED) is 0.714. The molecule has 5 nitrogen and oxygen atoms in total. The van der Waals surface area contributed by atoms with Crippen molar-refractivity contribution >= 4 is 34.8 Å². The number of nitrogens with one attached hydrogen (secondary N) is 1. The van der Waals surface area contributed by atoms with Crippen LogP contribution in [0.25, 0.3) is 0 Å². The van der Waals surface area contributed by atoms with Gasteiger partial charge in [0.2, 0.25) is 0 Å². The molecule has 1 N–H and O–H groups in total. The van der Waals surface area contributed by atoms with Crippen molar-refractivity contribution in [2.75, 3.05) is 37.6 Å². The minimum Gasteiger partial charge on any atom is -0.459 e. The van der Waals surface area contributed by atoms with Crippen molar-refractivity contribution in [1.82, 2.24) is 10.2 Å². The van der Waals surface area contributed by atoms with Gasteiger partial charge in [0, 0.05) is 25.7 Å². The van der Waals surface area contributed by atoms with Gasteiger partial charge in [0.05, 0.1) is 22.0 Å². The van der Waals surface area contributed by atoms with Crippen LogP contribution in [-0.4, -0.2) is 49.6 Å². The number of nitrogens with zero attached hydrogens (tertiary/aromatic N) is 2. The van der Waals surface area contributed by atoms with E-state index in [-0.39, 0.29) is 11.9 Å². The molecule has 1 saturated carbocycles. The molecule has 29 heavy (non-hydrogen) atoms. The molecule has 1 amide bonds. The van der Waals surface area contributed by atoms with Crippen molar-refractivity contribution in [2.24, 2.45) is 5.92 Å². The van der Waals surface area contributed by atoms with Crippen LogP contribution in [0, 0.1) is 5.92 Å². The van der Waals surface area contributed by atoms with Crippen molar-refractivity contribution < 1.29 is 9.21 Å². The van der Waals surface area contributed by atoms with Crippen molar-refractivity contribution in [2.45, 2.75) is 31.7 Å². The molecule has 4 rings (SSSR count). The highest BCUT2D eigenvalue weighted by molar-refractivity contribution is 6.43. The number of hydrogen-bond acceptors (Lipinski definition) is 4. The zero-order chi connectivity index (χ0) is 20.2. The average molecular weight is 436 g/mol. The number of carbonyl (C=O) groups excluding carboxylic acids is 1. The van der Waals surface area contributed by atoms with Gasteiger partial charge in [-0.2, -0.15) is 0 Å². The summed E-state index contributed by atoms with van der Waals surface area (Å²) in [6.45, 7) is 5.22. The first kappa shape index (κ1) is 20.6. The maximum Gasteiger partial charge on any atom is 0.287 e. The lowest BCUT2D eigenvalue weighted by Gasteiger charge is -2.36. The Morgan fingerprint density at radius 3 is 2.76 bits per heavy atom. The summed E-state index contributed by atoms with van der Waals surface area (Å²) in [4.78, 5) is 16.9. The van der Waals surface area contributed by atoms with Crippen LogP contribution in [0.5, 0.6) is 0 Å². The minimum absolute atomic E-state index is 0.106. The van der Waals surface area contributed by atoms with Gasteiger partial charge in [-0.05, 0) is 69.0 Å². The van der Waals surface area contributed by atoms with Gasteiger partial charge in [-0.3, -0.25) is 4.79 Å². The van der Waals surface area contributed by atoms with Crippen LogP contribution in [0.4, 0.5) is 5.69 Å². The van der Waals surface area contributed by atoms with E-state index in [1.165, 1.54) is 12.7 Å². The molecule has 2 heterocycles. The molecule has 1 aliphatic heterocycles. The molecule has 1 aliphatic carbocycles. The highest BCUT2D eigenvalue weighted by Crippen LogP contribution is 2.33. The number of halogens is 2. The number of furan rings is 1. The van der Waals surface area contributed by atoms with E-state index in [9.17, 15) is 4.79 Å². The third kappa shape index (κ3) is 5.08. The van der Waals surface area contributed by atoms with Gasteiger partial charge < -0.3 is 19.5 Å². The van der Waals surface area contributed by atoms with E-state index in [1.807, 2.05) is 12.1 Å². The fourth-order valence-corrected chi connectivity index (χ4v) is 4.71. The molecule has 1 aromatic heterocycles. The van der Waals surface area contributed by atoms with Crippen LogP contribution in [0.2, 0.25) is 10.0 Å². The van der Waals surface area contributed by atoms with Crippen LogP contribution in [0.3, 0.4) is 0 Å². The van der Waals surface area contributed by atoms with Gasteiger partial charge in [-0.25, -0.2) is 0 Å². The van der Waals surface area contributed by atoms with E-state index in [4.69, 9.17) is 27.6 Å². The Hall–Kier alpha value is -1.69. The van der Waals surface area contributed by atoms with Gasteiger partial charge in [0.25, 0.3) is 5.91 Å². The second-order valence-electron chi connectivity index (χ2n) is 8.03. The monoisotopic (exact) mass is 435 g/mol. The summed E-state index contributed by atoms with van der Waals surface area (Å²) in [6, 6.07) is 9.56. The first-order chi connectivity index (χ1) is 14.1. The molecule has 7 heteroatoms. The number of hydrogen-bond donors (Lipinski definition) is 1. The molecule has 1 aromatic carbocycles. The average Bonchev–Trinajstić information content (AvgIpc) is 3.13. The number of benzene rings is 1. The molecular formula is C22H27Cl2N3O2. The second-order valence-corrected chi connectivity index (χ2v) is 8.81. The zero-order valence-electron chi connectivity index (χ0n) is 16.4. The first-order valence-electron chi connectivity index (χ1n) is 10.4. The first-order valence-corrected chi connectivity index (χ1v) is 11.1. The molecule has 2 aromatic rings. The summed E-state index contributed by atoms with van der Waals surface area (Å²) in [7, 11) is 0. The van der Waals surface area contributed by atoms with Crippen molar-refractivity contribution in [1.29, 1.82) is 0 Å². The molecule has 0 spiro atoms. The van der Waals surface area contributed by atoms with E-state index in [2.05, 4.69) is 21.2 Å². The Kier molecular flexibility index (Phi) is 6.68. The maximum absolute atomic E-state index is 12.0. The fourth-order valence-electron chi connectivity index (χ4n) is 4.29. The number of anilines is 1. The molecular weight excluding hydrogens is 409 g/mol. The summed E-state index contributed by atoms with van der Waals surface area (Å²) in [5.41, 5.74) is 1.04. The minimum atomic E-state index is -0.106. The Morgan fingerprint density at radius 2 is 1.97 bits per heavy atom.